The molecule has 5 heteroatoms. The fraction of sp³-hybridized carbons (Fsp3) is 0.917. The standard InChI is InChI=1S/C24H38O5/c1-13(4-7-21(28)29)16-5-6-17-22-18(12-20(27)24(16,17)3)23(2)9-8-15(25)10-14(23)11-19(22)26/h13-14,16-20,22,26-27H,4-12H2,1-3H3,(H,28,29)/t13-,14+,16-,17+,18+,19-,20+,22+,23+,24-/m1/s1. The van der Waals surface area contributed by atoms with Gasteiger partial charge < -0.3 is 15.3 Å². The third kappa shape index (κ3) is 3.18. The minimum absolute atomic E-state index is 0.0348. The summed E-state index contributed by atoms with van der Waals surface area (Å²) in [6.07, 6.45) is 5.56. The second-order valence-corrected chi connectivity index (χ2v) is 11.2. The number of rotatable bonds is 4. The van der Waals surface area contributed by atoms with Gasteiger partial charge in [0.05, 0.1) is 12.2 Å². The molecule has 10 atom stereocenters. The minimum Gasteiger partial charge on any atom is -0.481 e. The maximum absolute atomic E-state index is 12.1. The van der Waals surface area contributed by atoms with Crippen LogP contribution < -0.4 is 0 Å². The maximum atomic E-state index is 12.1. The van der Waals surface area contributed by atoms with E-state index in [9.17, 15) is 19.8 Å². The molecular formula is C24H38O5. The van der Waals surface area contributed by atoms with Crippen molar-refractivity contribution in [2.75, 3.05) is 0 Å². The first-order valence-electron chi connectivity index (χ1n) is 11.7. The molecule has 0 bridgehead atoms. The van der Waals surface area contributed by atoms with Gasteiger partial charge in [0.2, 0.25) is 0 Å². The lowest BCUT2D eigenvalue weighted by Gasteiger charge is -2.63. The van der Waals surface area contributed by atoms with Crippen LogP contribution in [-0.2, 0) is 9.59 Å². The van der Waals surface area contributed by atoms with Gasteiger partial charge in [-0.3, -0.25) is 9.59 Å². The summed E-state index contributed by atoms with van der Waals surface area (Å²) in [5.74, 6) is 1.10. The van der Waals surface area contributed by atoms with Gasteiger partial charge in [-0.2, -0.15) is 0 Å². The van der Waals surface area contributed by atoms with Gasteiger partial charge in [-0.05, 0) is 84.9 Å². The van der Waals surface area contributed by atoms with Crippen LogP contribution in [0, 0.1) is 46.3 Å². The molecule has 0 radical (unpaired) electrons. The van der Waals surface area contributed by atoms with Gasteiger partial charge in [0.15, 0.2) is 0 Å². The fourth-order valence-electron chi connectivity index (χ4n) is 8.50. The Kier molecular flexibility index (Phi) is 5.39. The number of carboxylic acids is 1. The summed E-state index contributed by atoms with van der Waals surface area (Å²) in [4.78, 5) is 23.1. The Morgan fingerprint density at radius 3 is 2.59 bits per heavy atom. The molecule has 4 saturated carbocycles. The number of aliphatic carboxylic acids is 1. The van der Waals surface area contributed by atoms with Crippen LogP contribution in [0.2, 0.25) is 0 Å². The molecule has 0 spiro atoms. The van der Waals surface area contributed by atoms with Crippen molar-refractivity contribution in [3.8, 4) is 0 Å². The summed E-state index contributed by atoms with van der Waals surface area (Å²) in [6.45, 7) is 6.66. The van der Waals surface area contributed by atoms with Gasteiger partial charge in [0.1, 0.15) is 5.78 Å². The number of carbonyl (C=O) groups excluding carboxylic acids is 1. The predicted octanol–water partition coefficient (Wildman–Crippen LogP) is 3.66. The molecule has 0 aliphatic heterocycles. The van der Waals surface area contributed by atoms with Crippen LogP contribution in [0.1, 0.15) is 78.6 Å². The highest BCUT2D eigenvalue weighted by Crippen LogP contribution is 2.68. The van der Waals surface area contributed by atoms with E-state index in [0.717, 1.165) is 19.3 Å². The van der Waals surface area contributed by atoms with Crippen LogP contribution >= 0.6 is 0 Å². The molecule has 164 valence electrons. The van der Waals surface area contributed by atoms with Crippen LogP contribution in [0.4, 0.5) is 0 Å². The average Bonchev–Trinajstić information content (AvgIpc) is 3.01. The SMILES string of the molecule is C[C@H](CCC(=O)O)[C@H]1CC[C@H]2[C@@H]3[C@H](O)C[C@@H]4CC(=O)CC[C@]4(C)[C@H]3C[C@H](O)[C@]12C. The first-order chi connectivity index (χ1) is 13.6. The summed E-state index contributed by atoms with van der Waals surface area (Å²) in [5.41, 5.74) is -0.221. The summed E-state index contributed by atoms with van der Waals surface area (Å²) in [5, 5.41) is 31.8. The average molecular weight is 407 g/mol. The Hall–Kier alpha value is -0.940. The highest BCUT2D eigenvalue weighted by atomic mass is 16.4. The summed E-state index contributed by atoms with van der Waals surface area (Å²) in [6, 6.07) is 0. The van der Waals surface area contributed by atoms with Crippen molar-refractivity contribution in [1.29, 1.82) is 0 Å². The molecule has 0 amide bonds. The Labute approximate surface area is 174 Å². The molecule has 0 heterocycles. The molecule has 4 rings (SSSR count). The van der Waals surface area contributed by atoms with Crippen molar-refractivity contribution >= 4 is 11.8 Å². The zero-order valence-electron chi connectivity index (χ0n) is 18.1. The highest BCUT2D eigenvalue weighted by Gasteiger charge is 2.65. The van der Waals surface area contributed by atoms with Crippen molar-refractivity contribution in [3.63, 3.8) is 0 Å². The second-order valence-electron chi connectivity index (χ2n) is 11.2. The van der Waals surface area contributed by atoms with E-state index in [1.807, 2.05) is 0 Å². The third-order valence-electron chi connectivity index (χ3n) is 10.2. The van der Waals surface area contributed by atoms with Crippen LogP contribution in [-0.4, -0.2) is 39.3 Å². The van der Waals surface area contributed by atoms with Gasteiger partial charge in [-0.15, -0.1) is 0 Å². The molecule has 0 unspecified atom stereocenters. The third-order valence-corrected chi connectivity index (χ3v) is 10.2. The Bertz CT molecular complexity index is 676. The zero-order chi connectivity index (χ0) is 21.1. The lowest BCUT2D eigenvalue weighted by atomic mass is 9.43. The van der Waals surface area contributed by atoms with Crippen molar-refractivity contribution in [1.82, 2.24) is 0 Å². The molecule has 5 nitrogen and oxygen atoms in total. The Balaban J connectivity index is 1.61. The summed E-state index contributed by atoms with van der Waals surface area (Å²) >= 11 is 0. The Morgan fingerprint density at radius 2 is 1.90 bits per heavy atom. The van der Waals surface area contributed by atoms with Crippen molar-refractivity contribution < 1.29 is 24.9 Å². The van der Waals surface area contributed by atoms with Crippen LogP contribution in [0.25, 0.3) is 0 Å². The normalized spacial score (nSPS) is 50.4. The molecule has 4 aliphatic rings. The van der Waals surface area contributed by atoms with E-state index in [4.69, 9.17) is 5.11 Å². The highest BCUT2D eigenvalue weighted by molar-refractivity contribution is 5.79. The van der Waals surface area contributed by atoms with Crippen LogP contribution in [0.5, 0.6) is 0 Å². The molecule has 29 heavy (non-hydrogen) atoms. The summed E-state index contributed by atoms with van der Waals surface area (Å²) in [7, 11) is 0. The number of aliphatic hydroxyl groups excluding tert-OH is 2. The van der Waals surface area contributed by atoms with E-state index in [1.165, 1.54) is 0 Å². The van der Waals surface area contributed by atoms with Crippen molar-refractivity contribution in [3.05, 3.63) is 0 Å². The van der Waals surface area contributed by atoms with Crippen LogP contribution in [0.15, 0.2) is 0 Å². The summed E-state index contributed by atoms with van der Waals surface area (Å²) < 4.78 is 0. The number of fused-ring (bicyclic) bond motifs is 5. The van der Waals surface area contributed by atoms with E-state index in [-0.39, 0.29) is 46.8 Å². The fourth-order valence-corrected chi connectivity index (χ4v) is 8.50. The molecule has 4 aliphatic carbocycles. The number of carbonyl (C=O) groups is 2. The number of hydrogen-bond donors (Lipinski definition) is 3. The number of carboxylic acid groups (broad SMARTS) is 1. The minimum atomic E-state index is -0.755. The van der Waals surface area contributed by atoms with Gasteiger partial charge in [-0.1, -0.05) is 20.8 Å². The van der Waals surface area contributed by atoms with E-state index < -0.39 is 18.2 Å². The van der Waals surface area contributed by atoms with E-state index in [2.05, 4.69) is 20.8 Å². The number of hydrogen-bond acceptors (Lipinski definition) is 4. The second kappa shape index (κ2) is 7.33. The zero-order valence-corrected chi connectivity index (χ0v) is 18.1. The van der Waals surface area contributed by atoms with Gasteiger partial charge in [0.25, 0.3) is 0 Å². The quantitative estimate of drug-likeness (QED) is 0.662. The molecule has 0 aromatic carbocycles. The predicted molar refractivity (Wildman–Crippen MR) is 109 cm³/mol. The topological polar surface area (TPSA) is 94.8 Å². The first kappa shape index (κ1) is 21.3. The van der Waals surface area contributed by atoms with Gasteiger partial charge in [-0.25, -0.2) is 0 Å². The maximum Gasteiger partial charge on any atom is 0.303 e. The lowest BCUT2D eigenvalue weighted by Crippen LogP contribution is -2.62. The van der Waals surface area contributed by atoms with E-state index in [0.29, 0.717) is 43.8 Å². The Morgan fingerprint density at radius 1 is 1.17 bits per heavy atom. The van der Waals surface area contributed by atoms with Crippen molar-refractivity contribution in [2.24, 2.45) is 46.3 Å². The smallest absolute Gasteiger partial charge is 0.303 e. The molecule has 0 aromatic heterocycles. The van der Waals surface area contributed by atoms with E-state index >= 15 is 0 Å². The van der Waals surface area contributed by atoms with Crippen molar-refractivity contribution in [2.45, 2.75) is 90.8 Å². The van der Waals surface area contributed by atoms with E-state index in [1.54, 1.807) is 0 Å². The van der Waals surface area contributed by atoms with Gasteiger partial charge in [0, 0.05) is 19.3 Å². The largest absolute Gasteiger partial charge is 0.481 e. The molecule has 0 aromatic rings. The lowest BCUT2D eigenvalue weighted by molar-refractivity contribution is -0.201. The number of aliphatic hydroxyl groups is 2. The molecule has 3 N–H and O–H groups in total. The van der Waals surface area contributed by atoms with Gasteiger partial charge >= 0.3 is 5.97 Å². The first-order valence-corrected chi connectivity index (χ1v) is 11.7. The molecule has 4 fully saturated rings. The molecule has 0 saturated heterocycles. The van der Waals surface area contributed by atoms with Crippen LogP contribution in [0.3, 0.4) is 0 Å². The monoisotopic (exact) mass is 406 g/mol. The number of ketones is 1. The molecular weight excluding hydrogens is 368 g/mol. The number of Topliss-reactive ketones (excluding diaryl/α,β-unsaturated/α-hetero) is 1.